The molecule has 4 aromatic rings. The molecule has 170 valence electrons. The number of rotatable bonds is 5. The summed E-state index contributed by atoms with van der Waals surface area (Å²) in [6, 6.07) is 3.75. The van der Waals surface area contributed by atoms with Crippen molar-refractivity contribution in [3.63, 3.8) is 0 Å². The third kappa shape index (κ3) is 4.05. The van der Waals surface area contributed by atoms with E-state index in [1.165, 1.54) is 12.5 Å². The molecule has 2 unspecified atom stereocenters. The second-order valence-electron chi connectivity index (χ2n) is 8.23. The van der Waals surface area contributed by atoms with Crippen molar-refractivity contribution in [3.8, 4) is 22.8 Å². The quantitative estimate of drug-likeness (QED) is 0.477. The topological polar surface area (TPSA) is 133 Å². The maximum absolute atomic E-state index is 13.1. The summed E-state index contributed by atoms with van der Waals surface area (Å²) in [5.74, 6) is -0.0703. The van der Waals surface area contributed by atoms with Crippen molar-refractivity contribution in [2.45, 2.75) is 44.8 Å². The highest BCUT2D eigenvalue weighted by molar-refractivity contribution is 5.98. The van der Waals surface area contributed by atoms with Crippen molar-refractivity contribution < 1.29 is 13.9 Å². The van der Waals surface area contributed by atoms with E-state index >= 15 is 0 Å². The van der Waals surface area contributed by atoms with E-state index < -0.39 is 0 Å². The van der Waals surface area contributed by atoms with E-state index in [-0.39, 0.29) is 35.5 Å². The largest absolute Gasteiger partial charge is 0.443 e. The first-order valence-corrected chi connectivity index (χ1v) is 10.9. The molecule has 1 amide bonds. The van der Waals surface area contributed by atoms with Crippen molar-refractivity contribution in [2.24, 2.45) is 0 Å². The monoisotopic (exact) mass is 447 g/mol. The average molecular weight is 447 g/mol. The van der Waals surface area contributed by atoms with Gasteiger partial charge in [-0.05, 0) is 44.7 Å². The van der Waals surface area contributed by atoms with E-state index in [4.69, 9.17) is 14.9 Å². The second-order valence-corrected chi connectivity index (χ2v) is 8.23. The van der Waals surface area contributed by atoms with Crippen LogP contribution in [0.5, 0.6) is 0 Å². The van der Waals surface area contributed by atoms with E-state index in [1.807, 2.05) is 29.7 Å². The molecule has 33 heavy (non-hydrogen) atoms. The van der Waals surface area contributed by atoms with Crippen LogP contribution in [-0.4, -0.2) is 49.5 Å². The fourth-order valence-corrected chi connectivity index (χ4v) is 4.29. The molecule has 10 heteroatoms. The molecule has 0 bridgehead atoms. The van der Waals surface area contributed by atoms with Crippen LogP contribution in [-0.2, 0) is 4.74 Å². The molecule has 3 N–H and O–H groups in total. The van der Waals surface area contributed by atoms with Crippen molar-refractivity contribution in [1.82, 2.24) is 29.7 Å². The van der Waals surface area contributed by atoms with Crippen LogP contribution in [0.15, 0.2) is 41.4 Å². The van der Waals surface area contributed by atoms with Gasteiger partial charge in [-0.1, -0.05) is 0 Å². The maximum Gasteiger partial charge on any atom is 0.273 e. The second kappa shape index (κ2) is 8.62. The standard InChI is InChI=1S/C23H25N7O3/c1-13-11-26-17-7-6-14(12-30(13)17)18-19(23-25-8-9-33-23)29-21(24)20(28-18)22(31)27-15-4-3-5-16(10-15)32-2/h6-9,11-12,15-16H,3-5,10H2,1-2H3,(H2,24,29)(H,27,31). The Kier molecular flexibility index (Phi) is 5.51. The number of nitrogens with two attached hydrogens (primary N) is 1. The number of amides is 1. The molecule has 0 saturated heterocycles. The van der Waals surface area contributed by atoms with Crippen molar-refractivity contribution >= 4 is 17.4 Å². The summed E-state index contributed by atoms with van der Waals surface area (Å²) in [4.78, 5) is 30.9. The van der Waals surface area contributed by atoms with Crippen LogP contribution in [0.4, 0.5) is 5.82 Å². The summed E-state index contributed by atoms with van der Waals surface area (Å²) in [7, 11) is 1.70. The number of nitrogen functional groups attached to an aromatic ring is 1. The predicted octanol–water partition coefficient (Wildman–Crippen LogP) is 3.02. The Hall–Kier alpha value is -3.79. The maximum atomic E-state index is 13.1. The summed E-state index contributed by atoms with van der Waals surface area (Å²) in [6.45, 7) is 1.96. The number of aromatic nitrogens is 5. The fourth-order valence-electron chi connectivity index (χ4n) is 4.29. The summed E-state index contributed by atoms with van der Waals surface area (Å²) >= 11 is 0. The number of pyridine rings is 1. The molecule has 0 radical (unpaired) electrons. The molecule has 1 fully saturated rings. The van der Waals surface area contributed by atoms with Gasteiger partial charge in [0.15, 0.2) is 17.2 Å². The van der Waals surface area contributed by atoms with Gasteiger partial charge >= 0.3 is 0 Å². The number of hydrogen-bond acceptors (Lipinski definition) is 8. The van der Waals surface area contributed by atoms with Crippen LogP contribution in [0.1, 0.15) is 41.9 Å². The van der Waals surface area contributed by atoms with E-state index in [1.54, 1.807) is 13.3 Å². The lowest BCUT2D eigenvalue weighted by Crippen LogP contribution is -2.40. The zero-order valence-electron chi connectivity index (χ0n) is 18.5. The van der Waals surface area contributed by atoms with Crippen LogP contribution in [0, 0.1) is 6.92 Å². The Bertz CT molecular complexity index is 1300. The number of hydrogen-bond donors (Lipinski definition) is 2. The number of anilines is 1. The molecule has 0 aromatic carbocycles. The zero-order valence-corrected chi connectivity index (χ0v) is 18.5. The number of nitrogens with zero attached hydrogens (tertiary/aromatic N) is 5. The van der Waals surface area contributed by atoms with Crippen molar-refractivity contribution in [3.05, 3.63) is 48.4 Å². The first-order chi connectivity index (χ1) is 16.0. The number of carbonyl (C=O) groups is 1. The molecule has 0 spiro atoms. The minimum Gasteiger partial charge on any atom is -0.443 e. The molecule has 5 rings (SSSR count). The van der Waals surface area contributed by atoms with Crippen molar-refractivity contribution in [1.29, 1.82) is 0 Å². The first kappa shape index (κ1) is 21.1. The number of ether oxygens (including phenoxy) is 1. The van der Waals surface area contributed by atoms with Gasteiger partial charge in [0.2, 0.25) is 5.89 Å². The fraction of sp³-hybridized carbons (Fsp3) is 0.348. The summed E-state index contributed by atoms with van der Waals surface area (Å²) in [5.41, 5.74) is 9.58. The van der Waals surface area contributed by atoms with Gasteiger partial charge in [0.05, 0.1) is 12.3 Å². The van der Waals surface area contributed by atoms with Crippen LogP contribution in [0.2, 0.25) is 0 Å². The lowest BCUT2D eigenvalue weighted by molar-refractivity contribution is 0.0562. The number of oxazole rings is 1. The van der Waals surface area contributed by atoms with Gasteiger partial charge in [-0.3, -0.25) is 4.79 Å². The van der Waals surface area contributed by atoms with Crippen LogP contribution >= 0.6 is 0 Å². The van der Waals surface area contributed by atoms with E-state index in [9.17, 15) is 4.79 Å². The number of carbonyl (C=O) groups excluding carboxylic acids is 1. The molecule has 4 heterocycles. The summed E-state index contributed by atoms with van der Waals surface area (Å²) in [5, 5.41) is 3.05. The third-order valence-electron chi connectivity index (χ3n) is 6.03. The molecule has 2 atom stereocenters. The highest BCUT2D eigenvalue weighted by atomic mass is 16.5. The number of fused-ring (bicyclic) bond motifs is 1. The molecule has 1 saturated carbocycles. The van der Waals surface area contributed by atoms with Crippen LogP contribution < -0.4 is 11.1 Å². The van der Waals surface area contributed by atoms with Crippen molar-refractivity contribution in [2.75, 3.05) is 12.8 Å². The predicted molar refractivity (Wildman–Crippen MR) is 121 cm³/mol. The van der Waals surface area contributed by atoms with Gasteiger partial charge in [-0.2, -0.15) is 0 Å². The SMILES string of the molecule is COC1CCCC(NC(=O)c2nc(-c3ccc4ncc(C)n4c3)c(-c3ncco3)nc2N)C1. The Morgan fingerprint density at radius 3 is 2.91 bits per heavy atom. The van der Waals surface area contributed by atoms with E-state index in [2.05, 4.69) is 25.3 Å². The Balaban J connectivity index is 1.55. The third-order valence-corrected chi connectivity index (χ3v) is 6.03. The number of aryl methyl sites for hydroxylation is 1. The molecule has 1 aliphatic rings. The average Bonchev–Trinajstić information content (AvgIpc) is 3.49. The van der Waals surface area contributed by atoms with Gasteiger partial charge in [0.1, 0.15) is 17.6 Å². The normalized spacial score (nSPS) is 18.5. The Morgan fingerprint density at radius 2 is 2.12 bits per heavy atom. The molecular weight excluding hydrogens is 422 g/mol. The summed E-state index contributed by atoms with van der Waals surface area (Å²) in [6.07, 6.45) is 10.4. The van der Waals surface area contributed by atoms with Gasteiger partial charge in [0.25, 0.3) is 5.91 Å². The number of methoxy groups -OCH3 is 1. The van der Waals surface area contributed by atoms with Gasteiger partial charge in [-0.25, -0.2) is 19.9 Å². The highest BCUT2D eigenvalue weighted by Gasteiger charge is 2.27. The zero-order chi connectivity index (χ0) is 22.9. The molecule has 4 aromatic heterocycles. The molecular formula is C23H25N7O3. The highest BCUT2D eigenvalue weighted by Crippen LogP contribution is 2.30. The molecule has 0 aliphatic heterocycles. The Labute approximate surface area is 190 Å². The minimum absolute atomic E-state index is 0.00258. The van der Waals surface area contributed by atoms with E-state index in [0.717, 1.165) is 42.6 Å². The van der Waals surface area contributed by atoms with Crippen LogP contribution in [0.25, 0.3) is 28.5 Å². The van der Waals surface area contributed by atoms with E-state index in [0.29, 0.717) is 11.4 Å². The minimum atomic E-state index is -0.359. The number of imidazole rings is 1. The Morgan fingerprint density at radius 1 is 1.24 bits per heavy atom. The smallest absolute Gasteiger partial charge is 0.273 e. The van der Waals surface area contributed by atoms with Gasteiger partial charge < -0.3 is 24.6 Å². The number of nitrogens with one attached hydrogen (secondary N) is 1. The van der Waals surface area contributed by atoms with Crippen LogP contribution in [0.3, 0.4) is 0 Å². The molecule has 10 nitrogen and oxygen atoms in total. The first-order valence-electron chi connectivity index (χ1n) is 10.9. The van der Waals surface area contributed by atoms with Gasteiger partial charge in [0, 0.05) is 36.8 Å². The molecule has 1 aliphatic carbocycles. The lowest BCUT2D eigenvalue weighted by Gasteiger charge is -2.28. The lowest BCUT2D eigenvalue weighted by atomic mass is 9.93. The summed E-state index contributed by atoms with van der Waals surface area (Å²) < 4.78 is 12.9. The van der Waals surface area contributed by atoms with Gasteiger partial charge in [-0.15, -0.1) is 0 Å².